The maximum atomic E-state index is 12.7. The van der Waals surface area contributed by atoms with Crippen molar-refractivity contribution in [1.29, 1.82) is 0 Å². The van der Waals surface area contributed by atoms with E-state index in [2.05, 4.69) is 9.72 Å². The molecule has 10 heteroatoms. The molecule has 0 aliphatic carbocycles. The molecule has 1 aliphatic heterocycles. The minimum Gasteiger partial charge on any atom is -0.602 e. The van der Waals surface area contributed by atoms with Gasteiger partial charge in [0.2, 0.25) is 5.89 Å². The second-order valence-corrected chi connectivity index (χ2v) is 7.09. The Balaban J connectivity index is 1.56. The van der Waals surface area contributed by atoms with Crippen LogP contribution in [0.1, 0.15) is 29.9 Å². The Morgan fingerprint density at radius 2 is 1.94 bits per heavy atom. The van der Waals surface area contributed by atoms with E-state index in [9.17, 15) is 18.8 Å². The van der Waals surface area contributed by atoms with Gasteiger partial charge in [0.05, 0.1) is 6.10 Å². The van der Waals surface area contributed by atoms with E-state index in [1.165, 1.54) is 24.5 Å². The SMILES string of the molecule is CC(C)Oc1cc(-c2nc(CN3C(=O)c4ccccc4[NH+]3[O-])co2)ccc1OC(F)F. The topological polar surface area (TPSA) is 92.3 Å². The lowest BCUT2D eigenvalue weighted by Gasteiger charge is -2.25. The molecule has 1 aliphatic rings. The number of benzene rings is 2. The Morgan fingerprint density at radius 1 is 1.16 bits per heavy atom. The van der Waals surface area contributed by atoms with Gasteiger partial charge in [-0.15, -0.1) is 0 Å². The minimum atomic E-state index is -2.99. The second kappa shape index (κ2) is 8.32. The predicted octanol–water partition coefficient (Wildman–Crippen LogP) is 3.32. The number of oxazole rings is 1. The summed E-state index contributed by atoms with van der Waals surface area (Å²) in [5, 5.41) is 13.2. The van der Waals surface area contributed by atoms with Gasteiger partial charge in [0.1, 0.15) is 24.1 Å². The standard InChI is InChI=1S/C21H19F2N3O5/c1-12(2)30-18-9-13(7-8-17(18)31-21(22)23)19-24-14(11-29-19)10-25-20(27)15-5-3-4-6-16(15)26(25)28/h3-9,11-12,21,26H,10H2,1-2H3. The zero-order chi connectivity index (χ0) is 22.1. The highest BCUT2D eigenvalue weighted by Gasteiger charge is 2.35. The lowest BCUT2D eigenvalue weighted by molar-refractivity contribution is -0.893. The lowest BCUT2D eigenvalue weighted by Crippen LogP contribution is -3.07. The number of carbonyl (C=O) groups excluding carboxylic acids is 1. The van der Waals surface area contributed by atoms with E-state index in [-0.39, 0.29) is 30.0 Å². The summed E-state index contributed by atoms with van der Waals surface area (Å²) in [5.74, 6) is -0.201. The van der Waals surface area contributed by atoms with Crippen LogP contribution in [-0.4, -0.2) is 28.6 Å². The Bertz CT molecular complexity index is 1100. The van der Waals surface area contributed by atoms with Gasteiger partial charge in [-0.2, -0.15) is 13.8 Å². The maximum Gasteiger partial charge on any atom is 0.387 e. The molecule has 8 nitrogen and oxygen atoms in total. The third-order valence-corrected chi connectivity index (χ3v) is 4.52. The summed E-state index contributed by atoms with van der Waals surface area (Å²) in [4.78, 5) is 16.8. The van der Waals surface area contributed by atoms with Gasteiger partial charge in [-0.05, 0) is 38.1 Å². The number of amides is 1. The third kappa shape index (κ3) is 4.21. The number of alkyl halides is 2. The summed E-state index contributed by atoms with van der Waals surface area (Å²) in [7, 11) is 0. The number of nitrogens with zero attached hydrogens (tertiary/aromatic N) is 2. The number of rotatable bonds is 7. The van der Waals surface area contributed by atoms with E-state index < -0.39 is 17.7 Å². The summed E-state index contributed by atoms with van der Waals surface area (Å²) in [6.07, 6.45) is 1.06. The van der Waals surface area contributed by atoms with Crippen molar-refractivity contribution in [2.24, 2.45) is 0 Å². The molecule has 0 saturated carbocycles. The monoisotopic (exact) mass is 431 g/mol. The van der Waals surface area contributed by atoms with Crippen LogP contribution in [0.2, 0.25) is 0 Å². The lowest BCUT2D eigenvalue weighted by atomic mass is 10.2. The minimum absolute atomic E-state index is 0.0578. The summed E-state index contributed by atoms with van der Waals surface area (Å²) in [6, 6.07) is 10.9. The van der Waals surface area contributed by atoms with Gasteiger partial charge in [-0.25, -0.2) is 10.2 Å². The summed E-state index contributed by atoms with van der Waals surface area (Å²) >= 11 is 0. The first-order valence-electron chi connectivity index (χ1n) is 9.49. The zero-order valence-electron chi connectivity index (χ0n) is 16.7. The number of hydrogen-bond donors (Lipinski definition) is 1. The average Bonchev–Trinajstić information content (AvgIpc) is 3.28. The Morgan fingerprint density at radius 3 is 2.65 bits per heavy atom. The van der Waals surface area contributed by atoms with E-state index in [0.717, 1.165) is 5.01 Å². The van der Waals surface area contributed by atoms with Crippen molar-refractivity contribution in [1.82, 2.24) is 9.99 Å². The number of halogens is 2. The second-order valence-electron chi connectivity index (χ2n) is 7.09. The number of aromatic nitrogens is 1. The molecule has 2 heterocycles. The molecule has 0 saturated heterocycles. The molecule has 162 valence electrons. The molecule has 1 unspecified atom stereocenters. The average molecular weight is 431 g/mol. The van der Waals surface area contributed by atoms with Crippen LogP contribution in [0, 0.1) is 5.21 Å². The molecule has 2 aromatic carbocycles. The number of hydrogen-bond acceptors (Lipinski definition) is 6. The molecule has 31 heavy (non-hydrogen) atoms. The Hall–Kier alpha value is -3.50. The van der Waals surface area contributed by atoms with E-state index >= 15 is 0 Å². The molecular weight excluding hydrogens is 412 g/mol. The zero-order valence-corrected chi connectivity index (χ0v) is 16.7. The van der Waals surface area contributed by atoms with Crippen LogP contribution in [0.3, 0.4) is 0 Å². The summed E-state index contributed by atoms with van der Waals surface area (Å²) in [5.41, 5.74) is 1.53. The number of carbonyl (C=O) groups is 1. The van der Waals surface area contributed by atoms with Gasteiger partial charge >= 0.3 is 12.5 Å². The fourth-order valence-corrected chi connectivity index (χ4v) is 3.24. The first kappa shape index (κ1) is 20.8. The molecule has 1 amide bonds. The van der Waals surface area contributed by atoms with E-state index in [4.69, 9.17) is 9.15 Å². The molecule has 4 rings (SSSR count). The first-order valence-corrected chi connectivity index (χ1v) is 9.49. The maximum absolute atomic E-state index is 12.7. The van der Waals surface area contributed by atoms with Crippen LogP contribution in [-0.2, 0) is 6.54 Å². The van der Waals surface area contributed by atoms with Crippen molar-refractivity contribution >= 4 is 11.6 Å². The highest BCUT2D eigenvalue weighted by Crippen LogP contribution is 2.34. The number of ether oxygens (including phenoxy) is 2. The number of fused-ring (bicyclic) bond motifs is 1. The Labute approximate surface area is 176 Å². The smallest absolute Gasteiger partial charge is 0.387 e. The first-order chi connectivity index (χ1) is 14.8. The molecule has 0 fully saturated rings. The van der Waals surface area contributed by atoms with Gasteiger partial charge in [0.25, 0.3) is 0 Å². The largest absolute Gasteiger partial charge is 0.602 e. The van der Waals surface area contributed by atoms with E-state index in [0.29, 0.717) is 22.5 Å². The molecular formula is C21H19F2N3O5. The normalized spacial score (nSPS) is 15.6. The summed E-state index contributed by atoms with van der Waals surface area (Å²) < 4.78 is 40.8. The van der Waals surface area contributed by atoms with Crippen molar-refractivity contribution < 1.29 is 32.6 Å². The van der Waals surface area contributed by atoms with Crippen molar-refractivity contribution in [3.8, 4) is 23.0 Å². The quantitative estimate of drug-likeness (QED) is 0.577. The van der Waals surface area contributed by atoms with Crippen LogP contribution >= 0.6 is 0 Å². The predicted molar refractivity (Wildman–Crippen MR) is 105 cm³/mol. The Kier molecular flexibility index (Phi) is 5.57. The molecule has 1 aromatic heterocycles. The molecule has 3 aromatic rings. The molecule has 0 radical (unpaired) electrons. The van der Waals surface area contributed by atoms with E-state index in [1.807, 2.05) is 0 Å². The van der Waals surface area contributed by atoms with Gasteiger partial charge in [0, 0.05) is 11.6 Å². The fourth-order valence-electron chi connectivity index (χ4n) is 3.24. The van der Waals surface area contributed by atoms with Crippen molar-refractivity contribution in [3.63, 3.8) is 0 Å². The van der Waals surface area contributed by atoms with Gasteiger partial charge in [0.15, 0.2) is 17.2 Å². The molecule has 1 N–H and O–H groups in total. The van der Waals surface area contributed by atoms with Crippen LogP contribution in [0.5, 0.6) is 11.5 Å². The highest BCUT2D eigenvalue weighted by molar-refractivity contribution is 5.99. The summed E-state index contributed by atoms with van der Waals surface area (Å²) in [6.45, 7) is 0.458. The van der Waals surface area contributed by atoms with Crippen LogP contribution in [0.15, 0.2) is 53.1 Å². The van der Waals surface area contributed by atoms with Crippen molar-refractivity contribution in [2.45, 2.75) is 33.1 Å². The molecule has 1 atom stereocenters. The van der Waals surface area contributed by atoms with Crippen molar-refractivity contribution in [2.75, 3.05) is 0 Å². The number of nitrogens with one attached hydrogen (secondary N) is 1. The van der Waals surface area contributed by atoms with Crippen LogP contribution < -0.4 is 14.6 Å². The van der Waals surface area contributed by atoms with Gasteiger partial charge in [-0.1, -0.05) is 12.1 Å². The van der Waals surface area contributed by atoms with Crippen LogP contribution in [0.4, 0.5) is 14.5 Å². The fraction of sp³-hybridized carbons (Fsp3) is 0.238. The van der Waals surface area contributed by atoms with E-state index in [1.54, 1.807) is 38.1 Å². The highest BCUT2D eigenvalue weighted by atomic mass is 19.3. The number of quaternary nitrogens is 1. The molecule has 0 bridgehead atoms. The van der Waals surface area contributed by atoms with Gasteiger partial charge in [-0.3, -0.25) is 4.79 Å². The molecule has 0 spiro atoms. The van der Waals surface area contributed by atoms with Crippen LogP contribution in [0.25, 0.3) is 11.5 Å². The third-order valence-electron chi connectivity index (χ3n) is 4.52. The van der Waals surface area contributed by atoms with Gasteiger partial charge < -0.3 is 19.1 Å². The van der Waals surface area contributed by atoms with Crippen molar-refractivity contribution in [3.05, 3.63) is 65.2 Å².